The molecular weight excluding hydrogens is 232 g/mol. The number of thioether (sulfide) groups is 1. The van der Waals surface area contributed by atoms with E-state index < -0.39 is 0 Å². The molecule has 2 aromatic heterocycles. The third kappa shape index (κ3) is 2.05. The van der Waals surface area contributed by atoms with Crippen molar-refractivity contribution in [1.29, 1.82) is 0 Å². The summed E-state index contributed by atoms with van der Waals surface area (Å²) in [5.41, 5.74) is 8.94. The first kappa shape index (κ1) is 11.0. The van der Waals surface area contributed by atoms with E-state index in [0.29, 0.717) is 12.5 Å². The van der Waals surface area contributed by atoms with Crippen LogP contribution in [0, 0.1) is 0 Å². The predicted molar refractivity (Wildman–Crippen MR) is 70.2 cm³/mol. The van der Waals surface area contributed by atoms with Crippen LogP contribution in [0.5, 0.6) is 0 Å². The lowest BCUT2D eigenvalue weighted by Gasteiger charge is -2.21. The molecule has 0 aromatic carbocycles. The number of nitrogens with two attached hydrogens (primary N) is 1. The van der Waals surface area contributed by atoms with Gasteiger partial charge in [-0.2, -0.15) is 16.9 Å². The van der Waals surface area contributed by atoms with Gasteiger partial charge in [-0.05, 0) is 30.4 Å². The van der Waals surface area contributed by atoms with Crippen molar-refractivity contribution >= 4 is 17.4 Å². The molecule has 0 amide bonds. The maximum absolute atomic E-state index is 5.78. The molecule has 3 heterocycles. The minimum Gasteiger partial charge on any atom is -0.325 e. The predicted octanol–water partition coefficient (Wildman–Crippen LogP) is 1.80. The Kier molecular flexibility index (Phi) is 3.03. The highest BCUT2D eigenvalue weighted by molar-refractivity contribution is 7.99. The molecule has 0 bridgehead atoms. The van der Waals surface area contributed by atoms with Gasteiger partial charge in [-0.25, -0.2) is 9.50 Å². The van der Waals surface area contributed by atoms with Crippen LogP contribution in [-0.2, 0) is 6.54 Å². The number of rotatable bonds is 2. The van der Waals surface area contributed by atoms with Crippen molar-refractivity contribution in [3.63, 3.8) is 0 Å². The molecule has 0 radical (unpaired) electrons. The molecule has 5 heteroatoms. The fourth-order valence-corrected chi connectivity index (χ4v) is 3.45. The maximum Gasteiger partial charge on any atom is 0.155 e. The highest BCUT2D eigenvalue weighted by atomic mass is 32.2. The van der Waals surface area contributed by atoms with E-state index >= 15 is 0 Å². The van der Waals surface area contributed by atoms with Crippen LogP contribution >= 0.6 is 11.8 Å². The van der Waals surface area contributed by atoms with Gasteiger partial charge >= 0.3 is 0 Å². The largest absolute Gasteiger partial charge is 0.325 e. The standard InChI is InChI=1S/C12H16N4S/c13-8-10-7-11(9-2-5-17-6-3-9)15-12-1-4-14-16(10)12/h1,4,7,9H,2-3,5-6,8,13H2. The minimum absolute atomic E-state index is 0.509. The third-order valence-electron chi connectivity index (χ3n) is 3.30. The number of nitrogens with zero attached hydrogens (tertiary/aromatic N) is 3. The molecule has 2 aromatic rings. The molecule has 0 aliphatic carbocycles. The fraction of sp³-hybridized carbons (Fsp3) is 0.500. The summed E-state index contributed by atoms with van der Waals surface area (Å²) in [6.07, 6.45) is 4.24. The number of hydrogen-bond acceptors (Lipinski definition) is 4. The zero-order valence-electron chi connectivity index (χ0n) is 9.67. The summed E-state index contributed by atoms with van der Waals surface area (Å²) in [6, 6.07) is 4.07. The van der Waals surface area contributed by atoms with Crippen LogP contribution in [0.1, 0.15) is 30.1 Å². The van der Waals surface area contributed by atoms with Gasteiger partial charge in [0.1, 0.15) is 0 Å². The van der Waals surface area contributed by atoms with Gasteiger partial charge in [0.25, 0.3) is 0 Å². The fourth-order valence-electron chi connectivity index (χ4n) is 2.35. The molecule has 2 N–H and O–H groups in total. The monoisotopic (exact) mass is 248 g/mol. The molecule has 1 fully saturated rings. The molecule has 1 aliphatic heterocycles. The first-order chi connectivity index (χ1) is 8.38. The lowest BCUT2D eigenvalue weighted by Crippen LogP contribution is -2.13. The van der Waals surface area contributed by atoms with Crippen LogP contribution in [0.4, 0.5) is 0 Å². The number of fused-ring (bicyclic) bond motifs is 1. The second-order valence-electron chi connectivity index (χ2n) is 4.36. The zero-order chi connectivity index (χ0) is 11.7. The summed E-state index contributed by atoms with van der Waals surface area (Å²) in [5.74, 6) is 3.09. The molecule has 0 spiro atoms. The van der Waals surface area contributed by atoms with Crippen molar-refractivity contribution in [1.82, 2.24) is 14.6 Å². The summed E-state index contributed by atoms with van der Waals surface area (Å²) in [4.78, 5) is 4.70. The van der Waals surface area contributed by atoms with Gasteiger partial charge in [0.15, 0.2) is 5.65 Å². The Morgan fingerprint density at radius 2 is 2.24 bits per heavy atom. The van der Waals surface area contributed by atoms with E-state index in [1.165, 1.54) is 30.0 Å². The van der Waals surface area contributed by atoms with E-state index in [2.05, 4.69) is 11.2 Å². The second-order valence-corrected chi connectivity index (χ2v) is 5.59. The highest BCUT2D eigenvalue weighted by Crippen LogP contribution is 2.31. The highest BCUT2D eigenvalue weighted by Gasteiger charge is 2.18. The van der Waals surface area contributed by atoms with Crippen molar-refractivity contribution in [2.24, 2.45) is 5.73 Å². The second kappa shape index (κ2) is 4.66. The summed E-state index contributed by atoms with van der Waals surface area (Å²) >= 11 is 2.04. The van der Waals surface area contributed by atoms with Gasteiger partial charge in [-0.15, -0.1) is 0 Å². The van der Waals surface area contributed by atoms with Gasteiger partial charge in [0.05, 0.1) is 11.9 Å². The molecule has 1 aliphatic rings. The molecule has 17 heavy (non-hydrogen) atoms. The van der Waals surface area contributed by atoms with Crippen LogP contribution in [0.3, 0.4) is 0 Å². The Morgan fingerprint density at radius 1 is 1.41 bits per heavy atom. The smallest absolute Gasteiger partial charge is 0.155 e. The van der Waals surface area contributed by atoms with E-state index in [9.17, 15) is 0 Å². The van der Waals surface area contributed by atoms with E-state index in [-0.39, 0.29) is 0 Å². The maximum atomic E-state index is 5.78. The summed E-state index contributed by atoms with van der Waals surface area (Å²) in [7, 11) is 0. The minimum atomic E-state index is 0.509. The average molecular weight is 248 g/mol. The molecule has 90 valence electrons. The quantitative estimate of drug-likeness (QED) is 0.880. The van der Waals surface area contributed by atoms with Crippen molar-refractivity contribution < 1.29 is 0 Å². The zero-order valence-corrected chi connectivity index (χ0v) is 10.5. The Bertz CT molecular complexity index is 516. The number of hydrogen-bond donors (Lipinski definition) is 1. The molecule has 4 nitrogen and oxygen atoms in total. The average Bonchev–Trinajstić information content (AvgIpc) is 2.86. The summed E-state index contributed by atoms with van der Waals surface area (Å²) in [5, 5.41) is 4.25. The Labute approximate surface area is 105 Å². The summed E-state index contributed by atoms with van der Waals surface area (Å²) in [6.45, 7) is 0.509. The lowest BCUT2D eigenvalue weighted by atomic mass is 9.98. The molecule has 0 atom stereocenters. The molecule has 0 unspecified atom stereocenters. The van der Waals surface area contributed by atoms with Crippen LogP contribution < -0.4 is 5.73 Å². The summed E-state index contributed by atoms with van der Waals surface area (Å²) < 4.78 is 1.83. The Morgan fingerprint density at radius 3 is 3.00 bits per heavy atom. The van der Waals surface area contributed by atoms with Crippen molar-refractivity contribution in [2.75, 3.05) is 11.5 Å². The van der Waals surface area contributed by atoms with Crippen LogP contribution in [0.2, 0.25) is 0 Å². The van der Waals surface area contributed by atoms with E-state index in [1.54, 1.807) is 6.20 Å². The molecule has 1 saturated heterocycles. The van der Waals surface area contributed by atoms with Crippen LogP contribution in [0.25, 0.3) is 5.65 Å². The first-order valence-electron chi connectivity index (χ1n) is 6.00. The van der Waals surface area contributed by atoms with Crippen molar-refractivity contribution in [3.8, 4) is 0 Å². The van der Waals surface area contributed by atoms with Crippen molar-refractivity contribution in [3.05, 3.63) is 29.7 Å². The van der Waals surface area contributed by atoms with Gasteiger partial charge in [-0.1, -0.05) is 0 Å². The van der Waals surface area contributed by atoms with Gasteiger partial charge in [-0.3, -0.25) is 0 Å². The molecular formula is C12H16N4S. The van der Waals surface area contributed by atoms with Crippen molar-refractivity contribution in [2.45, 2.75) is 25.3 Å². The Hall–Kier alpha value is -1.07. The van der Waals surface area contributed by atoms with Gasteiger partial charge < -0.3 is 5.73 Å². The van der Waals surface area contributed by atoms with Gasteiger partial charge in [0, 0.05) is 24.2 Å². The SMILES string of the molecule is NCc1cc(C2CCSCC2)nc2ccnn12. The van der Waals surface area contributed by atoms with E-state index in [0.717, 1.165) is 11.3 Å². The molecule has 3 rings (SSSR count). The normalized spacial score (nSPS) is 17.7. The first-order valence-corrected chi connectivity index (χ1v) is 7.15. The topological polar surface area (TPSA) is 56.2 Å². The number of aromatic nitrogens is 3. The van der Waals surface area contributed by atoms with E-state index in [4.69, 9.17) is 10.7 Å². The molecule has 0 saturated carbocycles. The van der Waals surface area contributed by atoms with E-state index in [1.807, 2.05) is 22.3 Å². The lowest BCUT2D eigenvalue weighted by molar-refractivity contribution is 0.615. The van der Waals surface area contributed by atoms with Gasteiger partial charge in [0.2, 0.25) is 0 Å². The van der Waals surface area contributed by atoms with Crippen LogP contribution in [-0.4, -0.2) is 26.1 Å². The third-order valence-corrected chi connectivity index (χ3v) is 4.35. The Balaban J connectivity index is 2.03. The van der Waals surface area contributed by atoms with Crippen LogP contribution in [0.15, 0.2) is 18.3 Å².